The smallest absolute Gasteiger partial charge is 0.0136 e. The Morgan fingerprint density at radius 2 is 1.38 bits per heavy atom. The third kappa shape index (κ3) is 1.00. The topological polar surface area (TPSA) is 0 Å². The van der Waals surface area contributed by atoms with E-state index < -0.39 is 0 Å². The van der Waals surface area contributed by atoms with Gasteiger partial charge in [0.05, 0.1) is 0 Å². The first-order chi connectivity index (χ1) is 3.95. The lowest BCUT2D eigenvalue weighted by atomic mass is 10.2. The zero-order valence-corrected chi connectivity index (χ0v) is 4.98. The van der Waals surface area contributed by atoms with Crippen LogP contribution in [0.5, 0.6) is 0 Å². The van der Waals surface area contributed by atoms with Crippen LogP contribution in [0.4, 0.5) is 0 Å². The molecule has 42 valence electrons. The Hall–Kier alpha value is -0.520. The lowest BCUT2D eigenvalue weighted by Crippen LogP contribution is -1.66. The molecule has 0 bridgehead atoms. The minimum atomic E-state index is 1.31. The second-order valence-electron chi connectivity index (χ2n) is 2.63. The molecule has 0 aliphatic heterocycles. The molecule has 0 saturated carbocycles. The fourth-order valence-electron chi connectivity index (χ4n) is 0.874. The highest BCUT2D eigenvalue weighted by molar-refractivity contribution is 5.27. The first-order valence-electron chi connectivity index (χ1n) is 3.31. The summed E-state index contributed by atoms with van der Waals surface area (Å²) in [6.07, 6.45) is 9.98. The van der Waals surface area contributed by atoms with E-state index in [0.717, 1.165) is 0 Å². The van der Waals surface area contributed by atoms with Crippen molar-refractivity contribution in [2.24, 2.45) is 0 Å². The van der Waals surface area contributed by atoms with Gasteiger partial charge in [0.2, 0.25) is 0 Å². The number of hydrogen-bond acceptors (Lipinski definition) is 0. The fourth-order valence-corrected chi connectivity index (χ4v) is 0.874. The minimum Gasteiger partial charge on any atom is -0.0809 e. The SMILES string of the molecule is C1=C(CCC2=CC2)C1. The van der Waals surface area contributed by atoms with Crippen LogP contribution in [0.3, 0.4) is 0 Å². The Morgan fingerprint density at radius 1 is 1.00 bits per heavy atom. The Kier molecular flexibility index (Phi) is 0.806. The molecule has 0 unspecified atom stereocenters. The molecular weight excluding hydrogens is 96.1 g/mol. The van der Waals surface area contributed by atoms with Crippen molar-refractivity contribution in [1.82, 2.24) is 0 Å². The number of rotatable bonds is 3. The van der Waals surface area contributed by atoms with Gasteiger partial charge in [0, 0.05) is 0 Å². The van der Waals surface area contributed by atoms with E-state index in [1.807, 2.05) is 0 Å². The van der Waals surface area contributed by atoms with Gasteiger partial charge in [-0.05, 0) is 25.7 Å². The molecule has 0 atom stereocenters. The summed E-state index contributed by atoms with van der Waals surface area (Å²) < 4.78 is 0. The summed E-state index contributed by atoms with van der Waals surface area (Å²) in [5.41, 5.74) is 3.36. The van der Waals surface area contributed by atoms with Gasteiger partial charge < -0.3 is 0 Å². The van der Waals surface area contributed by atoms with Gasteiger partial charge >= 0.3 is 0 Å². The summed E-state index contributed by atoms with van der Waals surface area (Å²) in [6, 6.07) is 0. The lowest BCUT2D eigenvalue weighted by molar-refractivity contribution is 0.973. The van der Waals surface area contributed by atoms with Crippen molar-refractivity contribution in [3.05, 3.63) is 23.3 Å². The van der Waals surface area contributed by atoms with E-state index in [0.29, 0.717) is 0 Å². The molecule has 0 fully saturated rings. The lowest BCUT2D eigenvalue weighted by Gasteiger charge is -1.85. The van der Waals surface area contributed by atoms with Crippen molar-refractivity contribution in [1.29, 1.82) is 0 Å². The van der Waals surface area contributed by atoms with E-state index >= 15 is 0 Å². The monoisotopic (exact) mass is 106 g/mol. The van der Waals surface area contributed by atoms with E-state index in [2.05, 4.69) is 12.2 Å². The van der Waals surface area contributed by atoms with Crippen LogP contribution < -0.4 is 0 Å². The molecule has 0 saturated heterocycles. The molecule has 2 aliphatic rings. The van der Waals surface area contributed by atoms with Crippen molar-refractivity contribution in [3.63, 3.8) is 0 Å². The third-order valence-electron chi connectivity index (χ3n) is 1.75. The van der Waals surface area contributed by atoms with Crippen LogP contribution in [0.25, 0.3) is 0 Å². The molecular formula is C8H10. The zero-order chi connectivity index (χ0) is 5.40. The van der Waals surface area contributed by atoms with Crippen LogP contribution in [0.1, 0.15) is 25.7 Å². The van der Waals surface area contributed by atoms with Crippen LogP contribution in [0.15, 0.2) is 23.3 Å². The van der Waals surface area contributed by atoms with E-state index in [4.69, 9.17) is 0 Å². The largest absolute Gasteiger partial charge is 0.0809 e. The molecule has 0 heteroatoms. The molecule has 0 amide bonds. The van der Waals surface area contributed by atoms with Crippen LogP contribution >= 0.6 is 0 Å². The summed E-state index contributed by atoms with van der Waals surface area (Å²) in [5.74, 6) is 0. The van der Waals surface area contributed by atoms with Crippen molar-refractivity contribution in [3.8, 4) is 0 Å². The van der Waals surface area contributed by atoms with Crippen LogP contribution in [0, 0.1) is 0 Å². The summed E-state index contributed by atoms with van der Waals surface area (Å²) >= 11 is 0. The summed E-state index contributed by atoms with van der Waals surface area (Å²) in [5, 5.41) is 0. The van der Waals surface area contributed by atoms with Gasteiger partial charge in [0.1, 0.15) is 0 Å². The number of hydrogen-bond donors (Lipinski definition) is 0. The Bertz CT molecular complexity index is 141. The molecule has 2 rings (SSSR count). The van der Waals surface area contributed by atoms with Gasteiger partial charge in [-0.1, -0.05) is 23.3 Å². The fraction of sp³-hybridized carbons (Fsp3) is 0.500. The first-order valence-corrected chi connectivity index (χ1v) is 3.31. The molecule has 0 aromatic heterocycles. The maximum atomic E-state index is 2.32. The third-order valence-corrected chi connectivity index (χ3v) is 1.75. The van der Waals surface area contributed by atoms with Crippen LogP contribution in [-0.4, -0.2) is 0 Å². The van der Waals surface area contributed by atoms with Crippen molar-refractivity contribution >= 4 is 0 Å². The maximum absolute atomic E-state index is 2.32. The second-order valence-corrected chi connectivity index (χ2v) is 2.63. The highest BCUT2D eigenvalue weighted by Gasteiger charge is 2.11. The van der Waals surface area contributed by atoms with E-state index in [9.17, 15) is 0 Å². The Balaban J connectivity index is 1.69. The summed E-state index contributed by atoms with van der Waals surface area (Å²) in [6.45, 7) is 0. The molecule has 0 aromatic rings. The van der Waals surface area contributed by atoms with E-state index in [1.54, 1.807) is 11.1 Å². The standard InChI is InChI=1S/C8H10/c1-2-7(1)5-6-8-3-4-8/h1,3H,2,4-6H2. The summed E-state index contributed by atoms with van der Waals surface area (Å²) in [4.78, 5) is 0. The van der Waals surface area contributed by atoms with Gasteiger partial charge in [-0.25, -0.2) is 0 Å². The molecule has 0 nitrogen and oxygen atoms in total. The van der Waals surface area contributed by atoms with Gasteiger partial charge in [0.25, 0.3) is 0 Å². The molecule has 0 spiro atoms. The van der Waals surface area contributed by atoms with Crippen LogP contribution in [-0.2, 0) is 0 Å². The molecule has 8 heavy (non-hydrogen) atoms. The van der Waals surface area contributed by atoms with Crippen molar-refractivity contribution < 1.29 is 0 Å². The first kappa shape index (κ1) is 4.37. The predicted octanol–water partition coefficient (Wildman–Crippen LogP) is 2.43. The average Bonchev–Trinajstić information content (AvgIpc) is 2.60. The summed E-state index contributed by atoms with van der Waals surface area (Å²) in [7, 11) is 0. The molecule has 2 aliphatic carbocycles. The molecule has 0 radical (unpaired) electrons. The maximum Gasteiger partial charge on any atom is -0.0136 e. The van der Waals surface area contributed by atoms with Gasteiger partial charge in [-0.15, -0.1) is 0 Å². The molecule has 0 heterocycles. The van der Waals surface area contributed by atoms with E-state index in [1.165, 1.54) is 25.7 Å². The Morgan fingerprint density at radius 3 is 1.62 bits per heavy atom. The quantitative estimate of drug-likeness (QED) is 0.485. The number of allylic oxidation sites excluding steroid dienone is 4. The van der Waals surface area contributed by atoms with Crippen molar-refractivity contribution in [2.75, 3.05) is 0 Å². The molecule has 0 aromatic carbocycles. The van der Waals surface area contributed by atoms with Gasteiger partial charge in [0.15, 0.2) is 0 Å². The minimum absolute atomic E-state index is 1.31. The predicted molar refractivity (Wildman–Crippen MR) is 34.6 cm³/mol. The van der Waals surface area contributed by atoms with Crippen LogP contribution in [0.2, 0.25) is 0 Å². The van der Waals surface area contributed by atoms with E-state index in [-0.39, 0.29) is 0 Å². The highest BCUT2D eigenvalue weighted by Crippen LogP contribution is 2.30. The zero-order valence-electron chi connectivity index (χ0n) is 4.98. The van der Waals surface area contributed by atoms with Gasteiger partial charge in [-0.2, -0.15) is 0 Å². The normalized spacial score (nSPS) is 22.0. The second kappa shape index (κ2) is 1.48. The average molecular weight is 106 g/mol. The van der Waals surface area contributed by atoms with Crippen molar-refractivity contribution in [2.45, 2.75) is 25.7 Å². The molecule has 0 N–H and O–H groups in total. The highest BCUT2D eigenvalue weighted by atomic mass is 14.2. The Labute approximate surface area is 49.9 Å². The van der Waals surface area contributed by atoms with Gasteiger partial charge in [-0.3, -0.25) is 0 Å².